The van der Waals surface area contributed by atoms with Crippen LogP contribution in [0, 0.1) is 0 Å². The van der Waals surface area contributed by atoms with Crippen molar-refractivity contribution in [2.75, 3.05) is 19.0 Å². The van der Waals surface area contributed by atoms with Crippen LogP contribution in [-0.4, -0.2) is 45.0 Å². The third-order valence-electron chi connectivity index (χ3n) is 4.86. The SMILES string of the molecule is CCNC(=O)c1cc2c(Oc3ccc(NC(=O)[As]C4CC4)c(Cl)c3)ccnc2cc1OC. The van der Waals surface area contributed by atoms with Crippen LogP contribution in [0.3, 0.4) is 0 Å². The van der Waals surface area contributed by atoms with Gasteiger partial charge in [0.15, 0.2) is 0 Å². The van der Waals surface area contributed by atoms with Gasteiger partial charge in [-0.3, -0.25) is 4.79 Å². The van der Waals surface area contributed by atoms with E-state index in [1.165, 1.54) is 7.11 Å². The van der Waals surface area contributed by atoms with Crippen molar-refractivity contribution in [1.29, 1.82) is 0 Å². The van der Waals surface area contributed by atoms with Crippen LogP contribution in [0.25, 0.3) is 10.9 Å². The summed E-state index contributed by atoms with van der Waals surface area (Å²) < 4.78 is 12.1. The molecule has 1 fully saturated rings. The van der Waals surface area contributed by atoms with Gasteiger partial charge in [0.25, 0.3) is 0 Å². The molecule has 2 amide bonds. The molecule has 0 spiro atoms. The van der Waals surface area contributed by atoms with Crippen molar-refractivity contribution < 1.29 is 19.1 Å². The van der Waals surface area contributed by atoms with E-state index in [-0.39, 0.29) is 26.4 Å². The fourth-order valence-corrected chi connectivity index (χ4v) is 5.30. The number of nitrogens with one attached hydrogen (secondary N) is 2. The standard InChI is InChI=1S/C23H22AsClN3O4/c1-3-26-22(29)16-11-15-19(12-21(16)31-2)27-9-8-20(15)32-14-6-7-18(17(25)10-14)28-23(30)24-13-4-5-13/h6-13H,3-5H2,1-2H3,(H,26,29)(H,28,30). The second-order valence-electron chi connectivity index (χ2n) is 7.27. The predicted molar refractivity (Wildman–Crippen MR) is 126 cm³/mol. The van der Waals surface area contributed by atoms with Crippen molar-refractivity contribution in [3.05, 3.63) is 53.2 Å². The molecule has 4 rings (SSSR count). The van der Waals surface area contributed by atoms with Crippen LogP contribution in [0.2, 0.25) is 9.73 Å². The fourth-order valence-electron chi connectivity index (χ4n) is 3.14. The molecule has 0 aliphatic heterocycles. The molecule has 3 aromatic rings. The zero-order valence-corrected chi connectivity index (χ0v) is 20.3. The topological polar surface area (TPSA) is 89.6 Å². The van der Waals surface area contributed by atoms with E-state index in [1.54, 1.807) is 42.6 Å². The first-order chi connectivity index (χ1) is 15.5. The van der Waals surface area contributed by atoms with Crippen molar-refractivity contribution in [3.8, 4) is 17.2 Å². The predicted octanol–water partition coefficient (Wildman–Crippen LogP) is 5.26. The molecule has 1 saturated carbocycles. The number of pyridine rings is 1. The van der Waals surface area contributed by atoms with Gasteiger partial charge in [0.2, 0.25) is 0 Å². The maximum atomic E-state index is 12.5. The minimum absolute atomic E-state index is 0.0614. The van der Waals surface area contributed by atoms with E-state index in [2.05, 4.69) is 15.6 Å². The number of hydrogen-bond acceptors (Lipinski definition) is 5. The van der Waals surface area contributed by atoms with Gasteiger partial charge < -0.3 is 10.1 Å². The minimum Gasteiger partial charge on any atom is -0.496 e. The number of hydrogen-bond donors (Lipinski definition) is 2. The summed E-state index contributed by atoms with van der Waals surface area (Å²) in [5.74, 6) is 1.23. The molecule has 1 aromatic heterocycles. The van der Waals surface area contributed by atoms with Gasteiger partial charge >= 0.3 is 162 Å². The van der Waals surface area contributed by atoms with Crippen LogP contribution in [0.1, 0.15) is 30.1 Å². The summed E-state index contributed by atoms with van der Waals surface area (Å²) in [6, 6.07) is 10.3. The molecule has 2 aromatic carbocycles. The minimum atomic E-state index is -0.349. The van der Waals surface area contributed by atoms with Gasteiger partial charge in [-0.05, 0) is 6.92 Å². The number of halogens is 1. The molecular weight excluding hydrogens is 493 g/mol. The number of fused-ring (bicyclic) bond motifs is 1. The Morgan fingerprint density at radius 1 is 1.19 bits per heavy atom. The van der Waals surface area contributed by atoms with Crippen LogP contribution in [-0.2, 0) is 0 Å². The van der Waals surface area contributed by atoms with Gasteiger partial charge in [0, 0.05) is 6.54 Å². The van der Waals surface area contributed by atoms with E-state index in [4.69, 9.17) is 21.1 Å². The van der Waals surface area contributed by atoms with Gasteiger partial charge in [-0.1, -0.05) is 0 Å². The van der Waals surface area contributed by atoms with Crippen LogP contribution in [0.15, 0.2) is 42.6 Å². The smallest absolute Gasteiger partial charge is 0.496 e. The van der Waals surface area contributed by atoms with Crippen molar-refractivity contribution >= 4 is 54.5 Å². The Morgan fingerprint density at radius 2 is 2.00 bits per heavy atom. The van der Waals surface area contributed by atoms with Crippen molar-refractivity contribution in [3.63, 3.8) is 0 Å². The second-order valence-corrected chi connectivity index (χ2v) is 10.6. The van der Waals surface area contributed by atoms with E-state index in [1.807, 2.05) is 6.92 Å². The first kappa shape index (κ1) is 22.4. The van der Waals surface area contributed by atoms with E-state index in [9.17, 15) is 9.59 Å². The number of ether oxygens (including phenoxy) is 2. The molecule has 0 atom stereocenters. The summed E-state index contributed by atoms with van der Waals surface area (Å²) in [5, 5.41) is 6.74. The first-order valence-corrected chi connectivity index (χ1v) is 12.6. The third-order valence-corrected chi connectivity index (χ3v) is 7.75. The van der Waals surface area contributed by atoms with Gasteiger partial charge in [-0.2, -0.15) is 0 Å². The number of benzene rings is 2. The van der Waals surface area contributed by atoms with Gasteiger partial charge in [-0.15, -0.1) is 0 Å². The van der Waals surface area contributed by atoms with Crippen LogP contribution >= 0.6 is 11.6 Å². The first-order valence-electron chi connectivity index (χ1n) is 10.2. The van der Waals surface area contributed by atoms with Gasteiger partial charge in [0.05, 0.1) is 7.11 Å². The molecule has 1 aliphatic carbocycles. The van der Waals surface area contributed by atoms with Crippen LogP contribution < -0.4 is 20.1 Å². The molecule has 32 heavy (non-hydrogen) atoms. The number of aromatic nitrogens is 1. The number of rotatable bonds is 8. The molecular formula is C23H22AsClN3O4. The van der Waals surface area contributed by atoms with Gasteiger partial charge in [-0.25, -0.2) is 0 Å². The summed E-state index contributed by atoms with van der Waals surface area (Å²) in [6.45, 7) is 2.35. The number of methoxy groups -OCH3 is 1. The summed E-state index contributed by atoms with van der Waals surface area (Å²) in [5.41, 5.74) is 1.60. The zero-order chi connectivity index (χ0) is 22.7. The maximum absolute atomic E-state index is 12.5. The molecule has 1 heterocycles. The number of anilines is 1. The molecule has 0 bridgehead atoms. The van der Waals surface area contributed by atoms with E-state index < -0.39 is 0 Å². The Morgan fingerprint density at radius 3 is 2.69 bits per heavy atom. The monoisotopic (exact) mass is 514 g/mol. The molecule has 7 nitrogen and oxygen atoms in total. The quantitative estimate of drug-likeness (QED) is 0.400. The number of carbonyl (C=O) groups is 2. The molecule has 165 valence electrons. The Bertz CT molecular complexity index is 1180. The molecule has 0 saturated heterocycles. The summed E-state index contributed by atoms with van der Waals surface area (Å²) in [4.78, 5) is 29.0. The Kier molecular flexibility index (Phi) is 6.87. The van der Waals surface area contributed by atoms with Crippen LogP contribution in [0.4, 0.5) is 10.5 Å². The number of nitrogens with zero attached hydrogens (tertiary/aromatic N) is 1. The molecule has 1 radical (unpaired) electrons. The van der Waals surface area contributed by atoms with Crippen molar-refractivity contribution in [2.24, 2.45) is 0 Å². The summed E-state index contributed by atoms with van der Waals surface area (Å²) in [7, 11) is 1.51. The number of carbonyl (C=O) groups excluding carboxylic acids is 2. The summed E-state index contributed by atoms with van der Waals surface area (Å²) in [6.07, 6.45) is 3.93. The van der Waals surface area contributed by atoms with Crippen molar-refractivity contribution in [1.82, 2.24) is 10.3 Å². The normalized spacial score (nSPS) is 13.3. The van der Waals surface area contributed by atoms with E-state index in [0.29, 0.717) is 55.7 Å². The van der Waals surface area contributed by atoms with E-state index >= 15 is 0 Å². The average molecular weight is 515 g/mol. The molecule has 1 aliphatic rings. The van der Waals surface area contributed by atoms with Gasteiger partial charge in [0.1, 0.15) is 0 Å². The molecule has 9 heteroatoms. The Hall–Kier alpha value is -2.76. The Labute approximate surface area is 197 Å². The third kappa shape index (κ3) is 5.17. The summed E-state index contributed by atoms with van der Waals surface area (Å²) >= 11 is 6.04. The number of amides is 2. The molecule has 0 unspecified atom stereocenters. The van der Waals surface area contributed by atoms with E-state index in [0.717, 1.165) is 12.8 Å². The second kappa shape index (κ2) is 9.80. The zero-order valence-electron chi connectivity index (χ0n) is 17.6. The fraction of sp³-hybridized carbons (Fsp3) is 0.261. The average Bonchev–Trinajstić information content (AvgIpc) is 3.59. The molecule has 2 N–H and O–H groups in total. The Balaban J connectivity index is 1.60. The van der Waals surface area contributed by atoms with Crippen LogP contribution in [0.5, 0.6) is 17.2 Å². The van der Waals surface area contributed by atoms with Crippen molar-refractivity contribution in [2.45, 2.75) is 24.5 Å².